The minimum atomic E-state index is -0.691. The van der Waals surface area contributed by atoms with E-state index in [1.165, 1.54) is 94.7 Å². The van der Waals surface area contributed by atoms with Crippen LogP contribution >= 0.6 is 0 Å². The van der Waals surface area contributed by atoms with Crippen molar-refractivity contribution in [2.45, 2.75) is 103 Å². The van der Waals surface area contributed by atoms with Crippen LogP contribution in [-0.4, -0.2) is 12.6 Å². The van der Waals surface area contributed by atoms with E-state index in [1.807, 2.05) is 12.1 Å². The number of unbranched alkanes of at least 4 members (excludes halogenated alkanes) is 8. The highest BCUT2D eigenvalue weighted by atomic mass is 19.1. The summed E-state index contributed by atoms with van der Waals surface area (Å²) in [7, 11) is 0. The van der Waals surface area contributed by atoms with Crippen LogP contribution < -0.4 is 9.47 Å². The first-order chi connectivity index (χ1) is 17.7. The Morgan fingerprint density at radius 2 is 1.50 bits per heavy atom. The summed E-state index contributed by atoms with van der Waals surface area (Å²) in [6.07, 6.45) is 20.9. The van der Waals surface area contributed by atoms with Crippen molar-refractivity contribution in [1.29, 1.82) is 0 Å². The highest BCUT2D eigenvalue weighted by Gasteiger charge is 2.16. The van der Waals surface area contributed by atoms with Crippen LogP contribution in [0.1, 0.15) is 113 Å². The number of rotatable bonds is 16. The van der Waals surface area contributed by atoms with Gasteiger partial charge in [0.25, 0.3) is 0 Å². The summed E-state index contributed by atoms with van der Waals surface area (Å²) in [5.41, 5.74) is 1.16. The molecular formula is C32H44FO3. The van der Waals surface area contributed by atoms with Crippen LogP contribution in [0.5, 0.6) is 11.5 Å². The molecule has 2 aromatic carbocycles. The summed E-state index contributed by atoms with van der Waals surface area (Å²) in [5, 5.41) is 0. The maximum Gasteiger partial charge on any atom is 0.346 e. The summed E-state index contributed by atoms with van der Waals surface area (Å²) in [5.74, 6) is 0.382. The van der Waals surface area contributed by atoms with Crippen LogP contribution in [-0.2, 0) is 6.42 Å². The van der Waals surface area contributed by atoms with E-state index in [-0.39, 0.29) is 5.56 Å². The zero-order chi connectivity index (χ0) is 25.4. The van der Waals surface area contributed by atoms with E-state index in [1.54, 1.807) is 18.2 Å². The van der Waals surface area contributed by atoms with Gasteiger partial charge in [0.1, 0.15) is 17.3 Å². The number of benzene rings is 2. The predicted molar refractivity (Wildman–Crippen MR) is 145 cm³/mol. The van der Waals surface area contributed by atoms with Crippen LogP contribution in [0.3, 0.4) is 0 Å². The Balaban J connectivity index is 1.35. The Hall–Kier alpha value is -2.36. The number of halogens is 1. The average molecular weight is 496 g/mol. The van der Waals surface area contributed by atoms with Gasteiger partial charge in [-0.3, -0.25) is 0 Å². The van der Waals surface area contributed by atoms with Gasteiger partial charge in [0.15, 0.2) is 0 Å². The summed E-state index contributed by atoms with van der Waals surface area (Å²) in [6.45, 7) is 2.80. The van der Waals surface area contributed by atoms with Gasteiger partial charge in [-0.05, 0) is 74.3 Å². The van der Waals surface area contributed by atoms with Gasteiger partial charge in [-0.2, -0.15) is 0 Å². The molecule has 0 N–H and O–H groups in total. The first-order valence-corrected chi connectivity index (χ1v) is 14.2. The van der Waals surface area contributed by atoms with Crippen LogP contribution in [0.15, 0.2) is 42.5 Å². The van der Waals surface area contributed by atoms with Crippen molar-refractivity contribution in [2.75, 3.05) is 6.61 Å². The molecular weight excluding hydrogens is 451 g/mol. The lowest BCUT2D eigenvalue weighted by Crippen LogP contribution is -2.11. The maximum absolute atomic E-state index is 14.6. The average Bonchev–Trinajstić information content (AvgIpc) is 2.90. The van der Waals surface area contributed by atoms with E-state index in [0.29, 0.717) is 18.1 Å². The topological polar surface area (TPSA) is 35.5 Å². The number of carbonyl (C=O) groups excluding carboxylic acids is 1. The predicted octanol–water partition coefficient (Wildman–Crippen LogP) is 9.28. The van der Waals surface area contributed by atoms with E-state index in [0.717, 1.165) is 25.2 Å². The zero-order valence-corrected chi connectivity index (χ0v) is 22.1. The first kappa shape index (κ1) is 28.2. The van der Waals surface area contributed by atoms with Gasteiger partial charge in [0.2, 0.25) is 0 Å². The lowest BCUT2D eigenvalue weighted by molar-refractivity contribution is 0.0730. The fourth-order valence-electron chi connectivity index (χ4n) is 4.90. The number of hydrogen-bond donors (Lipinski definition) is 0. The Bertz CT molecular complexity index is 887. The second kappa shape index (κ2) is 16.4. The van der Waals surface area contributed by atoms with Gasteiger partial charge >= 0.3 is 5.97 Å². The molecule has 0 heterocycles. The summed E-state index contributed by atoms with van der Waals surface area (Å²) < 4.78 is 25.7. The molecule has 1 fully saturated rings. The molecule has 3 rings (SSSR count). The molecule has 0 spiro atoms. The van der Waals surface area contributed by atoms with E-state index in [9.17, 15) is 9.18 Å². The minimum Gasteiger partial charge on any atom is -0.493 e. The van der Waals surface area contributed by atoms with Gasteiger partial charge in [-0.25, -0.2) is 9.18 Å². The second-order valence-corrected chi connectivity index (χ2v) is 10.2. The first-order valence-electron chi connectivity index (χ1n) is 14.2. The third kappa shape index (κ3) is 10.3. The highest BCUT2D eigenvalue weighted by Crippen LogP contribution is 2.27. The summed E-state index contributed by atoms with van der Waals surface area (Å²) in [4.78, 5) is 12.5. The Kier molecular flexibility index (Phi) is 12.9. The smallest absolute Gasteiger partial charge is 0.346 e. The van der Waals surface area contributed by atoms with Gasteiger partial charge in [-0.1, -0.05) is 83.3 Å². The molecule has 1 saturated carbocycles. The van der Waals surface area contributed by atoms with Crippen molar-refractivity contribution in [3.63, 3.8) is 0 Å². The number of hydrogen-bond acceptors (Lipinski definition) is 3. The standard InChI is InChI=1S/C32H44FO3/c1-2-3-4-5-6-7-8-9-13-24-35-29-22-23-30(31(33)25-29)32(34)36-28-20-18-27(19-21-28)17-16-26-14-11-10-12-15-26/h10,18-23,25-26H,2-9,11-17,24H2,1H3. The van der Waals surface area contributed by atoms with Crippen molar-refractivity contribution < 1.29 is 18.7 Å². The summed E-state index contributed by atoms with van der Waals surface area (Å²) >= 11 is 0. The minimum absolute atomic E-state index is 0.0800. The highest BCUT2D eigenvalue weighted by molar-refractivity contribution is 5.91. The second-order valence-electron chi connectivity index (χ2n) is 10.2. The van der Waals surface area contributed by atoms with Crippen molar-refractivity contribution in [1.82, 2.24) is 0 Å². The van der Waals surface area contributed by atoms with E-state index >= 15 is 0 Å². The molecule has 36 heavy (non-hydrogen) atoms. The van der Waals surface area contributed by atoms with Crippen LogP contribution in [0, 0.1) is 18.2 Å². The molecule has 0 aliphatic heterocycles. The molecule has 0 amide bonds. The molecule has 4 heteroatoms. The van der Waals surface area contributed by atoms with Gasteiger partial charge in [-0.15, -0.1) is 0 Å². The van der Waals surface area contributed by atoms with Crippen molar-refractivity contribution in [3.8, 4) is 11.5 Å². The molecule has 1 aliphatic rings. The third-order valence-electron chi connectivity index (χ3n) is 7.21. The molecule has 2 aromatic rings. The third-order valence-corrected chi connectivity index (χ3v) is 7.21. The molecule has 0 bridgehead atoms. The van der Waals surface area contributed by atoms with Crippen molar-refractivity contribution in [3.05, 3.63) is 65.8 Å². The maximum atomic E-state index is 14.6. The van der Waals surface area contributed by atoms with Crippen molar-refractivity contribution in [2.24, 2.45) is 5.92 Å². The number of esters is 1. The van der Waals surface area contributed by atoms with Gasteiger partial charge < -0.3 is 9.47 Å². The molecule has 0 unspecified atom stereocenters. The Labute approximate surface area is 217 Å². The molecule has 0 atom stereocenters. The zero-order valence-electron chi connectivity index (χ0n) is 22.1. The normalized spacial score (nSPS) is 14.1. The van der Waals surface area contributed by atoms with Crippen LogP contribution in [0.2, 0.25) is 0 Å². The van der Waals surface area contributed by atoms with Crippen LogP contribution in [0.25, 0.3) is 0 Å². The molecule has 3 nitrogen and oxygen atoms in total. The molecule has 0 saturated heterocycles. The van der Waals surface area contributed by atoms with E-state index < -0.39 is 11.8 Å². The largest absolute Gasteiger partial charge is 0.493 e. The molecule has 1 radical (unpaired) electrons. The quantitative estimate of drug-likeness (QED) is 0.132. The van der Waals surface area contributed by atoms with Crippen LogP contribution in [0.4, 0.5) is 4.39 Å². The monoisotopic (exact) mass is 495 g/mol. The lowest BCUT2D eigenvalue weighted by Gasteiger charge is -2.21. The molecule has 1 aliphatic carbocycles. The number of ether oxygens (including phenoxy) is 2. The Morgan fingerprint density at radius 3 is 2.17 bits per heavy atom. The SMILES string of the molecule is CCCCCCCCCCCOc1ccc(C(=O)Oc2ccc(CCC3CC[CH]CC3)cc2)c(F)c1. The molecule has 197 valence electrons. The van der Waals surface area contributed by atoms with E-state index in [4.69, 9.17) is 9.47 Å². The lowest BCUT2D eigenvalue weighted by atomic mass is 9.85. The fourth-order valence-corrected chi connectivity index (χ4v) is 4.90. The van der Waals surface area contributed by atoms with E-state index in [2.05, 4.69) is 13.3 Å². The van der Waals surface area contributed by atoms with Gasteiger partial charge in [0, 0.05) is 6.07 Å². The Morgan fingerprint density at radius 1 is 0.861 bits per heavy atom. The molecule has 0 aromatic heterocycles. The van der Waals surface area contributed by atoms with Crippen molar-refractivity contribution >= 4 is 5.97 Å². The number of aryl methyl sites for hydroxylation is 1. The summed E-state index contributed by atoms with van der Waals surface area (Å²) in [6, 6.07) is 11.9. The fraction of sp³-hybridized carbons (Fsp3) is 0.562. The van der Waals surface area contributed by atoms with Gasteiger partial charge in [0.05, 0.1) is 12.2 Å². The number of carbonyl (C=O) groups is 1.